The molecule has 1 heterocycles. The predicted molar refractivity (Wildman–Crippen MR) is 66.1 cm³/mol. The van der Waals surface area contributed by atoms with Crippen LogP contribution in [0.5, 0.6) is 11.5 Å². The van der Waals surface area contributed by atoms with Gasteiger partial charge in [-0.2, -0.15) is 5.26 Å². The van der Waals surface area contributed by atoms with E-state index in [2.05, 4.69) is 4.98 Å². The molecule has 2 rings (SSSR count). The van der Waals surface area contributed by atoms with Crippen LogP contribution in [-0.4, -0.2) is 10.1 Å². The number of ether oxygens (including phenoxy) is 1. The Morgan fingerprint density at radius 2 is 2.05 bits per heavy atom. The molecular weight excluding hydrogens is 247 g/mol. The van der Waals surface area contributed by atoms with E-state index in [-0.39, 0.29) is 11.3 Å². The molecule has 19 heavy (non-hydrogen) atoms. The van der Waals surface area contributed by atoms with Gasteiger partial charge in [-0.1, -0.05) is 0 Å². The Hall–Kier alpha value is -2.45. The number of nitrogens with zero attached hydrogens (tertiary/aromatic N) is 2. The molecule has 0 spiro atoms. The van der Waals surface area contributed by atoms with Gasteiger partial charge in [0.1, 0.15) is 23.4 Å². The van der Waals surface area contributed by atoms with Crippen molar-refractivity contribution in [1.82, 2.24) is 4.98 Å². The van der Waals surface area contributed by atoms with Gasteiger partial charge in [-0.05, 0) is 31.2 Å². The lowest BCUT2D eigenvalue weighted by atomic mass is 10.2. The van der Waals surface area contributed by atoms with E-state index in [1.165, 1.54) is 18.3 Å². The maximum Gasteiger partial charge on any atom is 0.145 e. The fourth-order valence-electron chi connectivity index (χ4n) is 1.49. The number of aliphatic hydroxyl groups excluding tert-OH is 1. The van der Waals surface area contributed by atoms with Gasteiger partial charge in [-0.3, -0.25) is 4.98 Å². The summed E-state index contributed by atoms with van der Waals surface area (Å²) in [5, 5.41) is 17.9. The summed E-state index contributed by atoms with van der Waals surface area (Å²) in [6.45, 7) is 1.61. The van der Waals surface area contributed by atoms with Gasteiger partial charge in [0.15, 0.2) is 0 Å². The van der Waals surface area contributed by atoms with Crippen molar-refractivity contribution in [3.8, 4) is 17.6 Å². The van der Waals surface area contributed by atoms with Crippen LogP contribution in [0.3, 0.4) is 0 Å². The van der Waals surface area contributed by atoms with Crippen molar-refractivity contribution in [2.75, 3.05) is 0 Å². The number of hydrogen-bond donors (Lipinski definition) is 1. The second kappa shape index (κ2) is 5.46. The summed E-state index contributed by atoms with van der Waals surface area (Å²) in [7, 11) is 0. The van der Waals surface area contributed by atoms with Crippen LogP contribution < -0.4 is 4.74 Å². The van der Waals surface area contributed by atoms with E-state index < -0.39 is 11.9 Å². The number of rotatable bonds is 3. The highest BCUT2D eigenvalue weighted by Gasteiger charge is 2.06. The minimum absolute atomic E-state index is 0.0325. The molecule has 1 N–H and O–H groups in total. The zero-order valence-electron chi connectivity index (χ0n) is 10.2. The molecule has 0 aliphatic heterocycles. The van der Waals surface area contributed by atoms with Crippen LogP contribution in [0.4, 0.5) is 4.39 Å². The van der Waals surface area contributed by atoms with Crippen molar-refractivity contribution in [2.45, 2.75) is 13.0 Å². The predicted octanol–water partition coefficient (Wildman–Crippen LogP) is 2.94. The molecule has 4 nitrogen and oxygen atoms in total. The van der Waals surface area contributed by atoms with E-state index in [9.17, 15) is 9.50 Å². The molecule has 1 aromatic carbocycles. The molecule has 0 saturated heterocycles. The summed E-state index contributed by atoms with van der Waals surface area (Å²) in [5.74, 6) is 0.0742. The molecule has 96 valence electrons. The van der Waals surface area contributed by atoms with Gasteiger partial charge in [0, 0.05) is 6.07 Å². The van der Waals surface area contributed by atoms with E-state index in [0.717, 1.165) is 6.07 Å². The first kappa shape index (κ1) is 13.0. The van der Waals surface area contributed by atoms with Crippen molar-refractivity contribution in [3.05, 3.63) is 53.6 Å². The molecule has 0 unspecified atom stereocenters. The quantitative estimate of drug-likeness (QED) is 0.919. The number of aromatic nitrogens is 1. The van der Waals surface area contributed by atoms with E-state index in [1.54, 1.807) is 25.1 Å². The highest BCUT2D eigenvalue weighted by molar-refractivity contribution is 5.38. The first-order chi connectivity index (χ1) is 9.10. The molecule has 0 saturated carbocycles. The second-order valence-electron chi connectivity index (χ2n) is 3.95. The van der Waals surface area contributed by atoms with Crippen LogP contribution >= 0.6 is 0 Å². The SMILES string of the molecule is C[C@H](O)c1ccc(Oc2ccc(C#N)c(F)c2)cn1. The van der Waals surface area contributed by atoms with E-state index in [1.807, 2.05) is 0 Å². The minimum Gasteiger partial charge on any atom is -0.456 e. The molecule has 5 heteroatoms. The van der Waals surface area contributed by atoms with Crippen molar-refractivity contribution in [2.24, 2.45) is 0 Å². The third-order valence-electron chi connectivity index (χ3n) is 2.48. The van der Waals surface area contributed by atoms with E-state index >= 15 is 0 Å². The molecule has 0 aliphatic carbocycles. The van der Waals surface area contributed by atoms with Crippen LogP contribution in [0.2, 0.25) is 0 Å². The van der Waals surface area contributed by atoms with E-state index in [0.29, 0.717) is 11.4 Å². The molecule has 1 aromatic heterocycles. The number of aliphatic hydroxyl groups is 1. The van der Waals surface area contributed by atoms with Gasteiger partial charge in [0.05, 0.1) is 23.6 Å². The lowest BCUT2D eigenvalue weighted by Gasteiger charge is -2.07. The molecule has 0 fully saturated rings. The molecule has 0 aliphatic rings. The second-order valence-corrected chi connectivity index (χ2v) is 3.95. The maximum absolute atomic E-state index is 13.4. The van der Waals surface area contributed by atoms with Gasteiger partial charge >= 0.3 is 0 Å². The van der Waals surface area contributed by atoms with Gasteiger partial charge < -0.3 is 9.84 Å². The van der Waals surface area contributed by atoms with E-state index in [4.69, 9.17) is 10.00 Å². The maximum atomic E-state index is 13.4. The molecule has 0 bridgehead atoms. The molecular formula is C14H11FN2O2. The molecule has 2 aromatic rings. The van der Waals surface area contributed by atoms with Gasteiger partial charge in [-0.25, -0.2) is 4.39 Å². The summed E-state index contributed by atoms with van der Waals surface area (Å²) in [6.07, 6.45) is 0.791. The zero-order valence-corrected chi connectivity index (χ0v) is 10.2. The Kier molecular flexibility index (Phi) is 3.74. The Balaban J connectivity index is 2.17. The fourth-order valence-corrected chi connectivity index (χ4v) is 1.49. The number of hydrogen-bond acceptors (Lipinski definition) is 4. The largest absolute Gasteiger partial charge is 0.456 e. The number of benzene rings is 1. The van der Waals surface area contributed by atoms with Crippen LogP contribution in [0.15, 0.2) is 36.5 Å². The topological polar surface area (TPSA) is 66.1 Å². The third kappa shape index (κ3) is 3.06. The lowest BCUT2D eigenvalue weighted by Crippen LogP contribution is -1.95. The van der Waals surface area contributed by atoms with Crippen LogP contribution in [-0.2, 0) is 0 Å². The average molecular weight is 258 g/mol. The van der Waals surface area contributed by atoms with Crippen molar-refractivity contribution in [1.29, 1.82) is 5.26 Å². The monoisotopic (exact) mass is 258 g/mol. The Labute approximate surface area is 109 Å². The normalized spacial score (nSPS) is 11.7. The highest BCUT2D eigenvalue weighted by Crippen LogP contribution is 2.23. The molecule has 0 amide bonds. The molecule has 1 atom stereocenters. The number of halogens is 1. The summed E-state index contributed by atoms with van der Waals surface area (Å²) >= 11 is 0. The van der Waals surface area contributed by atoms with Crippen LogP contribution in [0.1, 0.15) is 24.3 Å². The minimum atomic E-state index is -0.651. The van der Waals surface area contributed by atoms with Crippen molar-refractivity contribution >= 4 is 0 Å². The highest BCUT2D eigenvalue weighted by atomic mass is 19.1. The van der Waals surface area contributed by atoms with Gasteiger partial charge in [-0.15, -0.1) is 0 Å². The fraction of sp³-hybridized carbons (Fsp3) is 0.143. The Morgan fingerprint density at radius 1 is 1.32 bits per heavy atom. The smallest absolute Gasteiger partial charge is 0.145 e. The average Bonchev–Trinajstić information content (AvgIpc) is 2.39. The number of nitriles is 1. The van der Waals surface area contributed by atoms with Crippen LogP contribution in [0, 0.1) is 17.1 Å². The lowest BCUT2D eigenvalue weighted by molar-refractivity contribution is 0.194. The summed E-state index contributed by atoms with van der Waals surface area (Å²) < 4.78 is 18.8. The third-order valence-corrected chi connectivity index (χ3v) is 2.48. The van der Waals surface area contributed by atoms with Gasteiger partial charge in [0.25, 0.3) is 0 Å². The Bertz CT molecular complexity index is 618. The molecule has 0 radical (unpaired) electrons. The summed E-state index contributed by atoms with van der Waals surface area (Å²) in [6, 6.07) is 8.98. The van der Waals surface area contributed by atoms with Crippen molar-refractivity contribution in [3.63, 3.8) is 0 Å². The first-order valence-corrected chi connectivity index (χ1v) is 5.61. The van der Waals surface area contributed by atoms with Gasteiger partial charge in [0.2, 0.25) is 0 Å². The van der Waals surface area contributed by atoms with Crippen LogP contribution in [0.25, 0.3) is 0 Å². The zero-order chi connectivity index (χ0) is 13.8. The standard InChI is InChI=1S/C14H11FN2O2/c1-9(18)14-5-4-12(8-17-14)19-11-3-2-10(7-16)13(15)6-11/h2-6,8-9,18H,1H3/t9-/m0/s1. The first-order valence-electron chi connectivity index (χ1n) is 5.61. The Morgan fingerprint density at radius 3 is 2.58 bits per heavy atom. The summed E-state index contributed by atoms with van der Waals surface area (Å²) in [4.78, 5) is 4.01. The number of pyridine rings is 1. The summed E-state index contributed by atoms with van der Waals surface area (Å²) in [5.41, 5.74) is 0.494. The van der Waals surface area contributed by atoms with Crippen molar-refractivity contribution < 1.29 is 14.2 Å².